The number of amides is 2. The maximum absolute atomic E-state index is 12.0. The molecular weight excluding hydrogens is 236 g/mol. The maximum atomic E-state index is 12.0. The summed E-state index contributed by atoms with van der Waals surface area (Å²) in [6, 6.07) is 0.492. The minimum absolute atomic E-state index is 0.0306. The number of anilines is 1. The summed E-state index contributed by atoms with van der Waals surface area (Å²) >= 11 is 0. The van der Waals surface area contributed by atoms with Crippen molar-refractivity contribution >= 4 is 17.8 Å². The minimum Gasteiger partial charge on any atom is -0.480 e. The third kappa shape index (κ3) is 2.29. The molecule has 18 heavy (non-hydrogen) atoms. The number of carbonyl (C=O) groups is 2. The van der Waals surface area contributed by atoms with Crippen LogP contribution >= 0.6 is 0 Å². The summed E-state index contributed by atoms with van der Waals surface area (Å²) in [6.45, 7) is 2.30. The molecule has 1 fully saturated rings. The lowest BCUT2D eigenvalue weighted by Gasteiger charge is -2.23. The van der Waals surface area contributed by atoms with Gasteiger partial charge in [-0.2, -0.15) is 5.10 Å². The van der Waals surface area contributed by atoms with Gasteiger partial charge in [-0.3, -0.25) is 10.00 Å². The van der Waals surface area contributed by atoms with Gasteiger partial charge in [0.2, 0.25) is 0 Å². The molecule has 1 aromatic rings. The fourth-order valence-corrected chi connectivity index (χ4v) is 2.21. The van der Waals surface area contributed by atoms with Crippen molar-refractivity contribution in [2.75, 3.05) is 11.9 Å². The van der Waals surface area contributed by atoms with Gasteiger partial charge < -0.3 is 10.0 Å². The van der Waals surface area contributed by atoms with E-state index in [-0.39, 0.29) is 5.92 Å². The highest BCUT2D eigenvalue weighted by molar-refractivity contribution is 5.92. The van der Waals surface area contributed by atoms with Crippen LogP contribution in [0.5, 0.6) is 0 Å². The van der Waals surface area contributed by atoms with Crippen LogP contribution < -0.4 is 5.32 Å². The summed E-state index contributed by atoms with van der Waals surface area (Å²) in [5.74, 6) is -0.570. The Morgan fingerprint density at radius 1 is 1.56 bits per heavy atom. The number of hydrogen-bond donors (Lipinski definition) is 2. The Hall–Kier alpha value is -2.05. The maximum Gasteiger partial charge on any atom is 0.326 e. The van der Waals surface area contributed by atoms with Crippen molar-refractivity contribution in [3.05, 3.63) is 12.3 Å². The molecular formula is C11H16N4O3. The van der Waals surface area contributed by atoms with Crippen molar-refractivity contribution in [3.63, 3.8) is 0 Å². The largest absolute Gasteiger partial charge is 0.480 e. The first-order valence-corrected chi connectivity index (χ1v) is 5.79. The van der Waals surface area contributed by atoms with E-state index in [1.54, 1.807) is 24.0 Å². The van der Waals surface area contributed by atoms with E-state index in [0.29, 0.717) is 18.8 Å². The Kier molecular flexibility index (Phi) is 3.22. The lowest BCUT2D eigenvalue weighted by atomic mass is 10.0. The van der Waals surface area contributed by atoms with E-state index in [0.717, 1.165) is 0 Å². The Morgan fingerprint density at radius 3 is 2.83 bits per heavy atom. The van der Waals surface area contributed by atoms with E-state index in [2.05, 4.69) is 10.4 Å². The van der Waals surface area contributed by atoms with Crippen molar-refractivity contribution in [2.24, 2.45) is 13.0 Å². The average molecular weight is 252 g/mol. The summed E-state index contributed by atoms with van der Waals surface area (Å²) in [5, 5.41) is 15.8. The van der Waals surface area contributed by atoms with Crippen LogP contribution in [0, 0.1) is 5.92 Å². The van der Waals surface area contributed by atoms with Crippen molar-refractivity contribution in [3.8, 4) is 0 Å². The number of carbonyl (C=O) groups excluding carboxylic acids is 1. The van der Waals surface area contributed by atoms with E-state index < -0.39 is 18.0 Å². The van der Waals surface area contributed by atoms with Gasteiger partial charge in [0.05, 0.1) is 0 Å². The predicted molar refractivity (Wildman–Crippen MR) is 64.1 cm³/mol. The summed E-state index contributed by atoms with van der Waals surface area (Å²) < 4.78 is 1.57. The number of aryl methyl sites for hydroxylation is 1. The third-order valence-electron chi connectivity index (χ3n) is 3.16. The lowest BCUT2D eigenvalue weighted by molar-refractivity contribution is -0.142. The molecule has 0 saturated carbocycles. The summed E-state index contributed by atoms with van der Waals surface area (Å²) in [7, 11) is 1.74. The number of hydrogen-bond acceptors (Lipinski definition) is 3. The van der Waals surface area contributed by atoms with Crippen molar-refractivity contribution in [2.45, 2.75) is 19.4 Å². The molecule has 2 unspecified atom stereocenters. The number of nitrogens with one attached hydrogen (secondary N) is 1. The number of rotatable bonds is 2. The highest BCUT2D eigenvalue weighted by Gasteiger charge is 2.39. The van der Waals surface area contributed by atoms with Crippen LogP contribution in [0.4, 0.5) is 10.6 Å². The second kappa shape index (κ2) is 4.67. The summed E-state index contributed by atoms with van der Waals surface area (Å²) in [5.41, 5.74) is 0. The van der Waals surface area contributed by atoms with Gasteiger partial charge in [0.1, 0.15) is 6.04 Å². The second-order valence-corrected chi connectivity index (χ2v) is 4.55. The molecule has 2 atom stereocenters. The number of aromatic nitrogens is 2. The Balaban J connectivity index is 2.07. The molecule has 2 N–H and O–H groups in total. The number of nitrogens with zero attached hydrogens (tertiary/aromatic N) is 3. The Labute approximate surface area is 104 Å². The van der Waals surface area contributed by atoms with Gasteiger partial charge in [0, 0.05) is 25.9 Å². The normalized spacial score (nSPS) is 23.1. The smallest absolute Gasteiger partial charge is 0.326 e. The van der Waals surface area contributed by atoms with E-state index >= 15 is 0 Å². The SMILES string of the molecule is CC1CCN(C(=O)Nc2ccn(C)n2)C1C(=O)O. The van der Waals surface area contributed by atoms with Crippen LogP contribution in [0.2, 0.25) is 0 Å². The average Bonchev–Trinajstić information content (AvgIpc) is 2.84. The van der Waals surface area contributed by atoms with Gasteiger partial charge >= 0.3 is 12.0 Å². The monoisotopic (exact) mass is 252 g/mol. The van der Waals surface area contributed by atoms with Crippen molar-refractivity contribution in [1.29, 1.82) is 0 Å². The van der Waals surface area contributed by atoms with Crippen LogP contribution in [0.1, 0.15) is 13.3 Å². The molecule has 1 aliphatic heterocycles. The topological polar surface area (TPSA) is 87.5 Å². The third-order valence-corrected chi connectivity index (χ3v) is 3.16. The molecule has 2 heterocycles. The molecule has 0 radical (unpaired) electrons. The molecule has 98 valence electrons. The number of likely N-dealkylation sites (tertiary alicyclic amines) is 1. The molecule has 7 heteroatoms. The Morgan fingerprint density at radius 2 is 2.28 bits per heavy atom. The van der Waals surface area contributed by atoms with Gasteiger partial charge in [-0.05, 0) is 12.3 Å². The van der Waals surface area contributed by atoms with E-state index in [1.165, 1.54) is 4.90 Å². The fourth-order valence-electron chi connectivity index (χ4n) is 2.21. The first-order valence-electron chi connectivity index (χ1n) is 5.79. The van der Waals surface area contributed by atoms with Crippen LogP contribution in [-0.4, -0.2) is 44.4 Å². The molecule has 0 aliphatic carbocycles. The summed E-state index contributed by atoms with van der Waals surface area (Å²) in [6.07, 6.45) is 2.41. The van der Waals surface area contributed by atoms with Gasteiger partial charge in [-0.15, -0.1) is 0 Å². The van der Waals surface area contributed by atoms with Crippen LogP contribution in [0.15, 0.2) is 12.3 Å². The predicted octanol–water partition coefficient (Wildman–Crippen LogP) is 0.747. The van der Waals surface area contributed by atoms with E-state index in [1.807, 2.05) is 6.92 Å². The molecule has 1 aliphatic rings. The number of urea groups is 1. The van der Waals surface area contributed by atoms with Gasteiger partial charge in [0.25, 0.3) is 0 Å². The molecule has 0 bridgehead atoms. The van der Waals surface area contributed by atoms with Crippen LogP contribution in [0.25, 0.3) is 0 Å². The van der Waals surface area contributed by atoms with Crippen LogP contribution in [0.3, 0.4) is 0 Å². The number of carboxylic acid groups (broad SMARTS) is 1. The minimum atomic E-state index is -0.962. The van der Waals surface area contributed by atoms with Gasteiger partial charge in [0.15, 0.2) is 5.82 Å². The first-order chi connectivity index (χ1) is 8.49. The van der Waals surface area contributed by atoms with E-state index in [4.69, 9.17) is 5.11 Å². The molecule has 0 spiro atoms. The highest BCUT2D eigenvalue weighted by atomic mass is 16.4. The van der Waals surface area contributed by atoms with Gasteiger partial charge in [-0.1, -0.05) is 6.92 Å². The van der Waals surface area contributed by atoms with E-state index in [9.17, 15) is 9.59 Å². The number of aliphatic carboxylic acids is 1. The standard InChI is InChI=1S/C11H16N4O3/c1-7-3-6-15(9(7)10(16)17)11(18)12-8-4-5-14(2)13-8/h4-5,7,9H,3,6H2,1-2H3,(H,16,17)(H,12,13,18). The first kappa shape index (κ1) is 12.4. The molecule has 0 aromatic carbocycles. The zero-order valence-electron chi connectivity index (χ0n) is 10.3. The van der Waals surface area contributed by atoms with Crippen molar-refractivity contribution in [1.82, 2.24) is 14.7 Å². The zero-order valence-corrected chi connectivity index (χ0v) is 10.3. The molecule has 2 rings (SSSR count). The van der Waals surface area contributed by atoms with Crippen LogP contribution in [-0.2, 0) is 11.8 Å². The Bertz CT molecular complexity index is 471. The quantitative estimate of drug-likeness (QED) is 0.813. The lowest BCUT2D eigenvalue weighted by Crippen LogP contribution is -2.44. The second-order valence-electron chi connectivity index (χ2n) is 4.55. The molecule has 7 nitrogen and oxygen atoms in total. The van der Waals surface area contributed by atoms with Gasteiger partial charge in [-0.25, -0.2) is 9.59 Å². The molecule has 2 amide bonds. The van der Waals surface area contributed by atoms with Crippen molar-refractivity contribution < 1.29 is 14.7 Å². The zero-order chi connectivity index (χ0) is 13.3. The summed E-state index contributed by atoms with van der Waals surface area (Å²) in [4.78, 5) is 24.5. The molecule has 1 aromatic heterocycles. The number of carboxylic acids is 1. The molecule has 1 saturated heterocycles. The fraction of sp³-hybridized carbons (Fsp3) is 0.545. The highest BCUT2D eigenvalue weighted by Crippen LogP contribution is 2.24.